The van der Waals surface area contributed by atoms with Gasteiger partial charge in [0.05, 0.1) is 12.7 Å². The summed E-state index contributed by atoms with van der Waals surface area (Å²) in [5.74, 6) is 1.62. The number of fused-ring (bicyclic) bond motifs is 1. The van der Waals surface area contributed by atoms with Crippen molar-refractivity contribution in [2.75, 3.05) is 52.7 Å². The molecule has 6 heteroatoms. The van der Waals surface area contributed by atoms with Crippen LogP contribution in [0.2, 0.25) is 0 Å². The van der Waals surface area contributed by atoms with E-state index in [-0.39, 0.29) is 5.97 Å². The normalized spacial score (nSPS) is 24.4. The topological polar surface area (TPSA) is 68.0 Å². The molecule has 0 aromatic heterocycles. The predicted octanol–water partition coefficient (Wildman–Crippen LogP) is 5.15. The fourth-order valence-electron chi connectivity index (χ4n) is 6.81. The zero-order valence-electron chi connectivity index (χ0n) is 23.2. The number of piperidine rings is 1. The maximum Gasteiger partial charge on any atom is 0.338 e. The number of hydrogen-bond acceptors (Lipinski definition) is 6. The molecule has 1 heterocycles. The van der Waals surface area contributed by atoms with Gasteiger partial charge in [-0.05, 0) is 106 Å². The molecular formula is C31H45N3O3. The molecule has 2 aromatic rings. The monoisotopic (exact) mass is 507 g/mol. The summed E-state index contributed by atoms with van der Waals surface area (Å²) < 4.78 is 10.7. The lowest BCUT2D eigenvalue weighted by Gasteiger charge is -2.58. The van der Waals surface area contributed by atoms with Crippen LogP contribution in [0.5, 0.6) is 5.75 Å². The Kier molecular flexibility index (Phi) is 9.14. The lowest BCUT2D eigenvalue weighted by atomic mass is 9.52. The molecule has 2 aliphatic carbocycles. The Morgan fingerprint density at radius 2 is 1.86 bits per heavy atom. The number of methoxy groups -OCH3 is 1. The lowest BCUT2D eigenvalue weighted by molar-refractivity contribution is 0.00274. The molecule has 37 heavy (non-hydrogen) atoms. The van der Waals surface area contributed by atoms with Crippen LogP contribution in [0.15, 0.2) is 42.5 Å². The molecule has 2 bridgehead atoms. The van der Waals surface area contributed by atoms with Crippen molar-refractivity contribution < 1.29 is 14.3 Å². The number of hydrogen-bond donors (Lipinski definition) is 1. The average molecular weight is 508 g/mol. The summed E-state index contributed by atoms with van der Waals surface area (Å²) in [5, 5.41) is 0. The smallest absolute Gasteiger partial charge is 0.338 e. The Hall–Kier alpha value is -2.57. The van der Waals surface area contributed by atoms with Gasteiger partial charge in [0.2, 0.25) is 0 Å². The number of benzene rings is 2. The van der Waals surface area contributed by atoms with E-state index >= 15 is 0 Å². The lowest BCUT2D eigenvalue weighted by Crippen LogP contribution is -2.59. The molecule has 0 radical (unpaired) electrons. The molecule has 1 saturated heterocycles. The highest BCUT2D eigenvalue weighted by molar-refractivity contribution is 5.89. The summed E-state index contributed by atoms with van der Waals surface area (Å²) in [6.45, 7) is 8.57. The minimum Gasteiger partial charge on any atom is -0.497 e. The largest absolute Gasteiger partial charge is 0.497 e. The number of likely N-dealkylation sites (N-methyl/N-ethyl adjacent to an activating group) is 2. The molecule has 0 unspecified atom stereocenters. The van der Waals surface area contributed by atoms with Gasteiger partial charge in [-0.15, -0.1) is 0 Å². The number of esters is 1. The van der Waals surface area contributed by atoms with Crippen molar-refractivity contribution in [3.63, 3.8) is 0 Å². The maximum absolute atomic E-state index is 11.6. The van der Waals surface area contributed by atoms with Gasteiger partial charge in [0, 0.05) is 23.7 Å². The van der Waals surface area contributed by atoms with Gasteiger partial charge in [0.25, 0.3) is 0 Å². The standard InChI is InChI=1S/C18H25NO.C13H20N2O2/c1-19-10-9-18-8-4-3-5-15(18)17(19)11-13-6-7-14(20-2)12-16(13)18;1-3-15(4-2)9-10-17-13(16)11-5-7-12(14)8-6-11/h6-7,12,15,17H,3-5,8-11H2,1-2H3;5-8H,3-4,9-10,14H2,1-2H3/t15-,17+,18+;/m1./s1. The van der Waals surface area contributed by atoms with Gasteiger partial charge < -0.3 is 25.0 Å². The molecule has 2 N–H and O–H groups in total. The highest BCUT2D eigenvalue weighted by atomic mass is 16.5. The van der Waals surface area contributed by atoms with Crippen molar-refractivity contribution in [1.82, 2.24) is 9.80 Å². The van der Waals surface area contributed by atoms with Gasteiger partial charge in [-0.2, -0.15) is 0 Å². The van der Waals surface area contributed by atoms with E-state index in [1.54, 1.807) is 42.5 Å². The number of carbonyl (C=O) groups is 1. The fourth-order valence-corrected chi connectivity index (χ4v) is 6.81. The number of ether oxygens (including phenoxy) is 2. The van der Waals surface area contributed by atoms with Crippen LogP contribution in [0.25, 0.3) is 0 Å². The summed E-state index contributed by atoms with van der Waals surface area (Å²) in [6, 6.07) is 14.3. The van der Waals surface area contributed by atoms with Crippen molar-refractivity contribution in [3.8, 4) is 5.75 Å². The Bertz CT molecular complexity index is 1040. The molecule has 5 rings (SSSR count). The molecule has 3 atom stereocenters. The second-order valence-corrected chi connectivity index (χ2v) is 10.8. The Balaban J connectivity index is 0.000000176. The van der Waals surface area contributed by atoms with Crippen LogP contribution in [0, 0.1) is 5.92 Å². The Morgan fingerprint density at radius 3 is 2.57 bits per heavy atom. The van der Waals surface area contributed by atoms with Gasteiger partial charge >= 0.3 is 5.97 Å². The summed E-state index contributed by atoms with van der Waals surface area (Å²) in [5.41, 5.74) is 10.4. The number of likely N-dealkylation sites (tertiary alicyclic amines) is 1. The third-order valence-corrected chi connectivity index (χ3v) is 9.00. The zero-order chi connectivity index (χ0) is 26.4. The number of nitrogens with two attached hydrogens (primary N) is 1. The van der Waals surface area contributed by atoms with E-state index < -0.39 is 0 Å². The predicted molar refractivity (Wildman–Crippen MR) is 150 cm³/mol. The number of nitrogen functional groups attached to an aromatic ring is 1. The van der Waals surface area contributed by atoms with E-state index in [0.717, 1.165) is 37.3 Å². The Morgan fingerprint density at radius 1 is 1.11 bits per heavy atom. The van der Waals surface area contributed by atoms with Crippen molar-refractivity contribution >= 4 is 11.7 Å². The number of carbonyl (C=O) groups excluding carboxylic acids is 1. The summed E-state index contributed by atoms with van der Waals surface area (Å²) in [6.07, 6.45) is 8.22. The zero-order valence-corrected chi connectivity index (χ0v) is 23.2. The van der Waals surface area contributed by atoms with Crippen LogP contribution in [0.3, 0.4) is 0 Å². The SMILES string of the molecule is CCN(CC)CCOC(=O)c1ccc(N)cc1.COc1ccc2c(c1)[C@]13CCCC[C@@H]1[C@H](C2)N(C)CC3. The minimum absolute atomic E-state index is 0.294. The number of rotatable bonds is 7. The first-order chi connectivity index (χ1) is 17.9. The van der Waals surface area contributed by atoms with Crippen molar-refractivity contribution in [2.24, 2.45) is 5.92 Å². The van der Waals surface area contributed by atoms with Crippen LogP contribution in [0.1, 0.15) is 67.4 Å². The maximum atomic E-state index is 11.6. The van der Waals surface area contributed by atoms with Gasteiger partial charge in [-0.25, -0.2) is 4.79 Å². The van der Waals surface area contributed by atoms with E-state index in [4.69, 9.17) is 15.2 Å². The van der Waals surface area contributed by atoms with Crippen LogP contribution in [-0.4, -0.2) is 68.8 Å². The first kappa shape index (κ1) is 27.5. The summed E-state index contributed by atoms with van der Waals surface area (Å²) in [7, 11) is 4.12. The molecular weight excluding hydrogens is 462 g/mol. The summed E-state index contributed by atoms with van der Waals surface area (Å²) in [4.78, 5) is 16.5. The molecule has 1 aliphatic heterocycles. The van der Waals surface area contributed by atoms with Crippen molar-refractivity contribution in [2.45, 2.75) is 63.8 Å². The molecule has 2 aromatic carbocycles. The van der Waals surface area contributed by atoms with Gasteiger partial charge in [0.15, 0.2) is 0 Å². The van der Waals surface area contributed by atoms with Gasteiger partial charge in [-0.3, -0.25) is 0 Å². The fraction of sp³-hybridized carbons (Fsp3) is 0.581. The molecule has 6 nitrogen and oxygen atoms in total. The third-order valence-electron chi connectivity index (χ3n) is 9.00. The molecule has 3 aliphatic rings. The average Bonchev–Trinajstić information content (AvgIpc) is 2.93. The highest BCUT2D eigenvalue weighted by Crippen LogP contribution is 2.55. The van der Waals surface area contributed by atoms with E-state index in [1.807, 2.05) is 0 Å². The van der Waals surface area contributed by atoms with Gasteiger partial charge in [0.1, 0.15) is 12.4 Å². The van der Waals surface area contributed by atoms with E-state index in [9.17, 15) is 4.79 Å². The quantitative estimate of drug-likeness (QED) is 0.413. The Labute approximate surface area is 223 Å². The van der Waals surface area contributed by atoms with Crippen LogP contribution >= 0.6 is 0 Å². The molecule has 202 valence electrons. The number of anilines is 1. The molecule has 1 saturated carbocycles. The van der Waals surface area contributed by atoms with Crippen molar-refractivity contribution in [3.05, 3.63) is 59.2 Å². The van der Waals surface area contributed by atoms with E-state index in [2.05, 4.69) is 48.9 Å². The van der Waals surface area contributed by atoms with Crippen LogP contribution in [0.4, 0.5) is 5.69 Å². The number of nitrogens with zero attached hydrogens (tertiary/aromatic N) is 2. The summed E-state index contributed by atoms with van der Waals surface area (Å²) >= 11 is 0. The molecule has 0 amide bonds. The van der Waals surface area contributed by atoms with Crippen LogP contribution < -0.4 is 10.5 Å². The van der Waals surface area contributed by atoms with Crippen molar-refractivity contribution in [1.29, 1.82) is 0 Å². The van der Waals surface area contributed by atoms with E-state index in [0.29, 0.717) is 23.3 Å². The first-order valence-corrected chi connectivity index (χ1v) is 14.0. The first-order valence-electron chi connectivity index (χ1n) is 14.0. The van der Waals surface area contributed by atoms with E-state index in [1.165, 1.54) is 45.1 Å². The van der Waals surface area contributed by atoms with Gasteiger partial charge in [-0.1, -0.05) is 32.8 Å². The van der Waals surface area contributed by atoms with Crippen LogP contribution in [-0.2, 0) is 16.6 Å². The highest BCUT2D eigenvalue weighted by Gasteiger charge is 2.53. The second kappa shape index (κ2) is 12.3. The molecule has 2 fully saturated rings. The second-order valence-electron chi connectivity index (χ2n) is 10.8. The molecule has 0 spiro atoms. The minimum atomic E-state index is -0.294. The third kappa shape index (κ3) is 5.96.